The maximum atomic E-state index is 14.1. The minimum absolute atomic E-state index is 0.154. The molecule has 1 unspecified atom stereocenters. The van der Waals surface area contributed by atoms with Crippen LogP contribution in [-0.4, -0.2) is 39.2 Å². The second-order valence-corrected chi connectivity index (χ2v) is 10.3. The number of para-hydroxylation sites is 1. The lowest BCUT2D eigenvalue weighted by Crippen LogP contribution is -2.51. The number of carbonyl (C=O) groups excluding carboxylic acids is 1. The van der Waals surface area contributed by atoms with Crippen molar-refractivity contribution >= 4 is 38.8 Å². The normalized spacial score (nSPS) is 22.4. The van der Waals surface area contributed by atoms with Crippen LogP contribution in [0.15, 0.2) is 77.2 Å². The van der Waals surface area contributed by atoms with Crippen LogP contribution in [0.1, 0.15) is 19.4 Å². The van der Waals surface area contributed by atoms with Gasteiger partial charge in [-0.3, -0.25) is 9.10 Å². The van der Waals surface area contributed by atoms with Crippen LogP contribution in [0, 0.1) is 0 Å². The average molecular weight is 450 g/mol. The lowest BCUT2D eigenvalue weighted by Gasteiger charge is -2.39. The fourth-order valence-corrected chi connectivity index (χ4v) is 6.15. The highest BCUT2D eigenvalue weighted by atomic mass is 32.2. The summed E-state index contributed by atoms with van der Waals surface area (Å²) in [5, 5.41) is 1.77. The molecule has 0 radical (unpaired) electrons. The first-order valence-electron chi connectivity index (χ1n) is 10.4. The fourth-order valence-electron chi connectivity index (χ4n) is 4.42. The molecule has 1 fully saturated rings. The van der Waals surface area contributed by atoms with Crippen LogP contribution in [0.25, 0.3) is 16.8 Å². The van der Waals surface area contributed by atoms with Crippen molar-refractivity contribution in [3.63, 3.8) is 0 Å². The highest BCUT2D eigenvalue weighted by Gasteiger charge is 2.47. The van der Waals surface area contributed by atoms with Crippen LogP contribution >= 0.6 is 0 Å². The maximum absolute atomic E-state index is 14.1. The van der Waals surface area contributed by atoms with Crippen LogP contribution < -0.4 is 4.31 Å². The largest absolute Gasteiger partial charge is 0.348 e. The van der Waals surface area contributed by atoms with Crippen LogP contribution in [0.5, 0.6) is 0 Å². The Kier molecular flexibility index (Phi) is 4.93. The average Bonchev–Trinajstić information content (AvgIpc) is 3.16. The van der Waals surface area contributed by atoms with E-state index in [0.29, 0.717) is 23.1 Å². The SMILES string of the molecule is CC1(C)OC[C@H](C2C(C=O)=Cc3ccccc3N2S(=O)(=O)c2ccc3ccccc3c2)O1. The molecule has 0 aliphatic carbocycles. The smallest absolute Gasteiger partial charge is 0.265 e. The monoisotopic (exact) mass is 449 g/mol. The Morgan fingerprint density at radius 2 is 1.72 bits per heavy atom. The number of sulfonamides is 1. The Morgan fingerprint density at radius 3 is 2.44 bits per heavy atom. The van der Waals surface area contributed by atoms with Crippen molar-refractivity contribution < 1.29 is 22.7 Å². The summed E-state index contributed by atoms with van der Waals surface area (Å²) in [5.74, 6) is -0.867. The number of benzene rings is 3. The molecule has 0 saturated carbocycles. The van der Waals surface area contributed by atoms with E-state index in [1.807, 2.05) is 30.3 Å². The van der Waals surface area contributed by atoms with Gasteiger partial charge in [-0.2, -0.15) is 0 Å². The molecule has 0 amide bonds. The number of nitrogens with zero attached hydrogens (tertiary/aromatic N) is 1. The van der Waals surface area contributed by atoms with E-state index in [1.54, 1.807) is 56.3 Å². The van der Waals surface area contributed by atoms with Crippen LogP contribution in [0.3, 0.4) is 0 Å². The first-order chi connectivity index (χ1) is 15.3. The first kappa shape index (κ1) is 20.9. The van der Waals surface area contributed by atoms with Crippen molar-refractivity contribution in [2.45, 2.75) is 36.7 Å². The Morgan fingerprint density at radius 1 is 1.00 bits per heavy atom. The van der Waals surface area contributed by atoms with Crippen molar-refractivity contribution in [2.75, 3.05) is 10.9 Å². The number of carbonyl (C=O) groups is 1. The molecule has 164 valence electrons. The van der Waals surface area contributed by atoms with Crippen LogP contribution in [0.2, 0.25) is 0 Å². The Bertz CT molecular complexity index is 1350. The molecular weight excluding hydrogens is 426 g/mol. The summed E-state index contributed by atoms with van der Waals surface area (Å²) in [4.78, 5) is 12.2. The highest BCUT2D eigenvalue weighted by molar-refractivity contribution is 7.93. The van der Waals surface area contributed by atoms with Gasteiger partial charge in [0.2, 0.25) is 0 Å². The van der Waals surface area contributed by atoms with Gasteiger partial charge < -0.3 is 9.47 Å². The Balaban J connectivity index is 1.70. The molecule has 0 bridgehead atoms. The van der Waals surface area contributed by atoms with Crippen molar-refractivity contribution in [3.8, 4) is 0 Å². The minimum Gasteiger partial charge on any atom is -0.348 e. The third-order valence-electron chi connectivity index (χ3n) is 5.89. The molecule has 2 aliphatic heterocycles. The second-order valence-electron chi connectivity index (χ2n) is 8.44. The summed E-state index contributed by atoms with van der Waals surface area (Å²) in [6.45, 7) is 3.72. The van der Waals surface area contributed by atoms with Gasteiger partial charge >= 0.3 is 0 Å². The summed E-state index contributed by atoms with van der Waals surface area (Å²) in [6.07, 6.45) is 1.80. The molecule has 3 aromatic carbocycles. The summed E-state index contributed by atoms with van der Waals surface area (Å²) in [7, 11) is -4.04. The van der Waals surface area contributed by atoms with Gasteiger partial charge in [0.1, 0.15) is 18.4 Å². The van der Waals surface area contributed by atoms with E-state index in [0.717, 1.165) is 10.8 Å². The minimum atomic E-state index is -4.04. The van der Waals surface area contributed by atoms with Gasteiger partial charge in [0.15, 0.2) is 5.79 Å². The lowest BCUT2D eigenvalue weighted by atomic mass is 9.95. The maximum Gasteiger partial charge on any atom is 0.265 e. The summed E-state index contributed by atoms with van der Waals surface area (Å²) in [5.41, 5.74) is 1.50. The van der Waals surface area contributed by atoms with Gasteiger partial charge in [-0.1, -0.05) is 48.5 Å². The number of fused-ring (bicyclic) bond motifs is 2. The molecule has 2 heterocycles. The summed E-state index contributed by atoms with van der Waals surface area (Å²) in [6, 6.07) is 19.0. The highest BCUT2D eigenvalue weighted by Crippen LogP contribution is 2.41. The molecule has 3 aromatic rings. The molecule has 0 N–H and O–H groups in total. The first-order valence-corrected chi connectivity index (χ1v) is 11.8. The quantitative estimate of drug-likeness (QED) is 0.560. The Hall–Kier alpha value is -3.00. The Labute approximate surface area is 187 Å². The zero-order valence-electron chi connectivity index (χ0n) is 17.8. The van der Waals surface area contributed by atoms with Crippen molar-refractivity contribution in [2.24, 2.45) is 0 Å². The fraction of sp³-hybridized carbons (Fsp3) is 0.240. The van der Waals surface area contributed by atoms with Gasteiger partial charge in [0.05, 0.1) is 17.2 Å². The molecule has 0 aromatic heterocycles. The van der Waals surface area contributed by atoms with E-state index >= 15 is 0 Å². The van der Waals surface area contributed by atoms with Crippen LogP contribution in [0.4, 0.5) is 5.69 Å². The number of hydrogen-bond donors (Lipinski definition) is 0. The van der Waals surface area contributed by atoms with E-state index < -0.39 is 28.0 Å². The number of rotatable bonds is 4. The molecule has 2 aliphatic rings. The summed E-state index contributed by atoms with van der Waals surface area (Å²) < 4.78 is 41.2. The van der Waals surface area contributed by atoms with E-state index in [2.05, 4.69) is 0 Å². The van der Waals surface area contributed by atoms with Gasteiger partial charge in [-0.25, -0.2) is 8.42 Å². The number of ether oxygens (including phenoxy) is 2. The van der Waals surface area contributed by atoms with Gasteiger partial charge in [0.25, 0.3) is 10.0 Å². The van der Waals surface area contributed by atoms with Gasteiger partial charge in [-0.05, 0) is 54.5 Å². The van der Waals surface area contributed by atoms with Gasteiger partial charge in [-0.15, -0.1) is 0 Å². The topological polar surface area (TPSA) is 72.9 Å². The zero-order chi connectivity index (χ0) is 22.5. The van der Waals surface area contributed by atoms with Crippen molar-refractivity contribution in [3.05, 3.63) is 77.9 Å². The summed E-state index contributed by atoms with van der Waals surface area (Å²) >= 11 is 0. The predicted molar refractivity (Wildman–Crippen MR) is 123 cm³/mol. The molecular formula is C25H23NO5S. The van der Waals surface area contributed by atoms with Gasteiger partial charge in [0, 0.05) is 5.57 Å². The predicted octanol–water partition coefficient (Wildman–Crippen LogP) is 4.15. The number of aldehydes is 1. The number of hydrogen-bond acceptors (Lipinski definition) is 5. The molecule has 1 saturated heterocycles. The molecule has 2 atom stereocenters. The second kappa shape index (κ2) is 7.55. The number of anilines is 1. The van der Waals surface area contributed by atoms with Crippen molar-refractivity contribution in [1.29, 1.82) is 0 Å². The lowest BCUT2D eigenvalue weighted by molar-refractivity contribution is -0.139. The van der Waals surface area contributed by atoms with E-state index in [-0.39, 0.29) is 11.5 Å². The molecule has 0 spiro atoms. The molecule has 7 heteroatoms. The zero-order valence-corrected chi connectivity index (χ0v) is 18.6. The molecule has 6 nitrogen and oxygen atoms in total. The van der Waals surface area contributed by atoms with Crippen LogP contribution in [-0.2, 0) is 24.3 Å². The molecule has 5 rings (SSSR count). The van der Waals surface area contributed by atoms with E-state index in [4.69, 9.17) is 9.47 Å². The van der Waals surface area contributed by atoms with Crippen molar-refractivity contribution in [1.82, 2.24) is 0 Å². The van der Waals surface area contributed by atoms with E-state index in [9.17, 15) is 13.2 Å². The van der Waals surface area contributed by atoms with E-state index in [1.165, 1.54) is 4.31 Å². The molecule has 32 heavy (non-hydrogen) atoms. The standard InChI is InChI=1S/C25H23NO5S/c1-25(2)30-16-23(31-25)24-20(15-27)13-19-9-5-6-10-22(19)26(24)32(28,29)21-12-11-17-7-3-4-8-18(17)14-21/h3-15,23-24H,16H2,1-2H3/t23-,24?/m1/s1. The third-order valence-corrected chi connectivity index (χ3v) is 7.68. The third kappa shape index (κ3) is 3.43.